The Morgan fingerprint density at radius 1 is 1.23 bits per heavy atom. The van der Waals surface area contributed by atoms with Crippen molar-refractivity contribution in [2.45, 2.75) is 83.8 Å². The van der Waals surface area contributed by atoms with Gasteiger partial charge in [0.2, 0.25) is 0 Å². The van der Waals surface area contributed by atoms with Crippen molar-refractivity contribution in [3.8, 4) is 0 Å². The number of carbonyl (C=O) groups is 1. The first-order valence-electron chi connectivity index (χ1n) is 8.09. The lowest BCUT2D eigenvalue weighted by atomic mass is 10.0. The molecule has 6 nitrogen and oxygen atoms in total. The molecule has 0 unspecified atom stereocenters. The summed E-state index contributed by atoms with van der Waals surface area (Å²) in [4.78, 5) is 20.0. The van der Waals surface area contributed by atoms with Crippen molar-refractivity contribution in [2.24, 2.45) is 0 Å². The lowest BCUT2D eigenvalue weighted by molar-refractivity contribution is -0.204. The zero-order valence-electron chi connectivity index (χ0n) is 14.6. The third-order valence-corrected chi connectivity index (χ3v) is 4.01. The SMILES string of the molecule is CC(C)(C)OC(=O)N1C[C@H](O)C[C@H]1[C@H]1CCN(C(C)(C)C)O1. The van der Waals surface area contributed by atoms with Crippen LogP contribution in [0.3, 0.4) is 0 Å². The molecule has 0 aromatic rings. The normalized spacial score (nSPS) is 30.9. The molecule has 1 N–H and O–H groups in total. The average molecular weight is 314 g/mol. The number of rotatable bonds is 1. The molecule has 128 valence electrons. The average Bonchev–Trinajstić information content (AvgIpc) is 2.91. The van der Waals surface area contributed by atoms with Gasteiger partial charge in [-0.05, 0) is 54.4 Å². The molecular formula is C16H30N2O4. The summed E-state index contributed by atoms with van der Waals surface area (Å²) < 4.78 is 5.46. The van der Waals surface area contributed by atoms with Gasteiger partial charge in [-0.15, -0.1) is 0 Å². The minimum absolute atomic E-state index is 0.0667. The first-order chi connectivity index (χ1) is 9.97. The number of β-amino-alcohol motifs (C(OH)–C–C–N with tert-alkyl or cyclic N) is 1. The molecule has 22 heavy (non-hydrogen) atoms. The van der Waals surface area contributed by atoms with Gasteiger partial charge in [-0.25, -0.2) is 4.79 Å². The number of hydroxylamine groups is 2. The molecule has 0 aromatic carbocycles. The van der Waals surface area contributed by atoms with Crippen molar-refractivity contribution in [1.82, 2.24) is 9.96 Å². The van der Waals surface area contributed by atoms with Gasteiger partial charge in [-0.2, -0.15) is 5.06 Å². The second-order valence-corrected chi connectivity index (χ2v) is 8.30. The monoisotopic (exact) mass is 314 g/mol. The molecule has 2 aliphatic rings. The summed E-state index contributed by atoms with van der Waals surface area (Å²) in [6.45, 7) is 13.0. The van der Waals surface area contributed by atoms with Crippen LogP contribution in [0.25, 0.3) is 0 Å². The number of nitrogens with zero attached hydrogens (tertiary/aromatic N) is 2. The van der Waals surface area contributed by atoms with Gasteiger partial charge >= 0.3 is 6.09 Å². The van der Waals surface area contributed by atoms with Gasteiger partial charge in [-0.1, -0.05) is 0 Å². The molecule has 2 heterocycles. The lowest BCUT2D eigenvalue weighted by Gasteiger charge is -2.33. The Bertz CT molecular complexity index is 413. The van der Waals surface area contributed by atoms with Gasteiger partial charge in [0.05, 0.1) is 18.7 Å². The zero-order chi connectivity index (χ0) is 16.7. The number of hydrogen-bond donors (Lipinski definition) is 1. The second-order valence-electron chi connectivity index (χ2n) is 8.30. The van der Waals surface area contributed by atoms with Crippen molar-refractivity contribution >= 4 is 6.09 Å². The summed E-state index contributed by atoms with van der Waals surface area (Å²) in [5.74, 6) is 0. The summed E-state index contributed by atoms with van der Waals surface area (Å²) in [7, 11) is 0. The quantitative estimate of drug-likeness (QED) is 0.803. The van der Waals surface area contributed by atoms with Gasteiger partial charge < -0.3 is 9.84 Å². The van der Waals surface area contributed by atoms with E-state index in [0.717, 1.165) is 13.0 Å². The van der Waals surface area contributed by atoms with Crippen molar-refractivity contribution in [2.75, 3.05) is 13.1 Å². The maximum absolute atomic E-state index is 12.4. The van der Waals surface area contributed by atoms with E-state index in [0.29, 0.717) is 13.0 Å². The van der Waals surface area contributed by atoms with Crippen LogP contribution in [0.2, 0.25) is 0 Å². The molecule has 6 heteroatoms. The molecule has 2 rings (SSSR count). The maximum atomic E-state index is 12.4. The fourth-order valence-electron chi connectivity index (χ4n) is 3.00. The molecule has 0 aromatic heterocycles. The number of hydrogen-bond acceptors (Lipinski definition) is 5. The summed E-state index contributed by atoms with van der Waals surface area (Å²) >= 11 is 0. The van der Waals surface area contributed by atoms with Crippen molar-refractivity contribution in [1.29, 1.82) is 0 Å². The van der Waals surface area contributed by atoms with E-state index in [1.54, 1.807) is 4.90 Å². The standard InChI is InChI=1S/C16H30N2O4/c1-15(2,3)18-8-7-13(22-18)12-9-11(19)10-17(12)14(20)21-16(4,5)6/h11-13,19H,7-10H2,1-6H3/t11-,12+,13-/m1/s1. The van der Waals surface area contributed by atoms with E-state index < -0.39 is 11.7 Å². The highest BCUT2D eigenvalue weighted by atomic mass is 16.7. The largest absolute Gasteiger partial charge is 0.444 e. The fraction of sp³-hybridized carbons (Fsp3) is 0.938. The summed E-state index contributed by atoms with van der Waals surface area (Å²) in [5, 5.41) is 12.0. The number of likely N-dealkylation sites (tertiary alicyclic amines) is 1. The Morgan fingerprint density at radius 3 is 2.36 bits per heavy atom. The van der Waals surface area contributed by atoms with Gasteiger partial charge in [0.25, 0.3) is 0 Å². The number of amides is 1. The van der Waals surface area contributed by atoms with Crippen LogP contribution < -0.4 is 0 Å². The minimum atomic E-state index is -0.539. The highest BCUT2D eigenvalue weighted by molar-refractivity contribution is 5.69. The Kier molecular flexibility index (Phi) is 4.76. The van der Waals surface area contributed by atoms with Crippen molar-refractivity contribution < 1.29 is 19.5 Å². The molecular weight excluding hydrogens is 284 g/mol. The molecule has 0 bridgehead atoms. The van der Waals surface area contributed by atoms with Gasteiger partial charge in [0.1, 0.15) is 11.7 Å². The summed E-state index contributed by atoms with van der Waals surface area (Å²) in [6.07, 6.45) is 0.441. The van der Waals surface area contributed by atoms with Crippen LogP contribution in [0, 0.1) is 0 Å². The van der Waals surface area contributed by atoms with Crippen LogP contribution in [0.1, 0.15) is 54.4 Å². The topological polar surface area (TPSA) is 62.2 Å². The van der Waals surface area contributed by atoms with Crippen LogP contribution in [0.15, 0.2) is 0 Å². The van der Waals surface area contributed by atoms with Crippen LogP contribution in [-0.4, -0.2) is 63.6 Å². The van der Waals surface area contributed by atoms with Crippen LogP contribution in [0.4, 0.5) is 4.79 Å². The first kappa shape index (κ1) is 17.5. The third-order valence-electron chi connectivity index (χ3n) is 4.01. The highest BCUT2D eigenvalue weighted by Crippen LogP contribution is 2.32. The Labute approximate surface area is 133 Å². The van der Waals surface area contributed by atoms with Crippen LogP contribution >= 0.6 is 0 Å². The molecule has 2 fully saturated rings. The van der Waals surface area contributed by atoms with E-state index >= 15 is 0 Å². The molecule has 3 atom stereocenters. The smallest absolute Gasteiger partial charge is 0.410 e. The van der Waals surface area contributed by atoms with Gasteiger partial charge in [0, 0.05) is 12.1 Å². The third kappa shape index (κ3) is 4.12. The number of aliphatic hydroxyl groups excluding tert-OH is 1. The van der Waals surface area contributed by atoms with Crippen LogP contribution in [0.5, 0.6) is 0 Å². The van der Waals surface area contributed by atoms with Crippen molar-refractivity contribution in [3.05, 3.63) is 0 Å². The molecule has 1 amide bonds. The molecule has 2 aliphatic heterocycles. The van der Waals surface area contributed by atoms with E-state index in [2.05, 4.69) is 20.8 Å². The van der Waals surface area contributed by atoms with Crippen molar-refractivity contribution in [3.63, 3.8) is 0 Å². The maximum Gasteiger partial charge on any atom is 0.410 e. The summed E-state index contributed by atoms with van der Waals surface area (Å²) in [6, 6.07) is -0.128. The Morgan fingerprint density at radius 2 is 1.86 bits per heavy atom. The van der Waals surface area contributed by atoms with E-state index in [1.807, 2.05) is 25.8 Å². The molecule has 0 radical (unpaired) electrons. The molecule has 0 saturated carbocycles. The van der Waals surface area contributed by atoms with E-state index in [9.17, 15) is 9.90 Å². The number of ether oxygens (including phenoxy) is 1. The fourth-order valence-corrected chi connectivity index (χ4v) is 3.00. The predicted octanol–water partition coefficient (Wildman–Crippen LogP) is 2.16. The zero-order valence-corrected chi connectivity index (χ0v) is 14.6. The number of aliphatic hydroxyl groups is 1. The van der Waals surface area contributed by atoms with E-state index in [4.69, 9.17) is 9.57 Å². The Balaban J connectivity index is 2.04. The predicted molar refractivity (Wildman–Crippen MR) is 83.3 cm³/mol. The van der Waals surface area contributed by atoms with Gasteiger partial charge in [0.15, 0.2) is 0 Å². The minimum Gasteiger partial charge on any atom is -0.444 e. The highest BCUT2D eigenvalue weighted by Gasteiger charge is 2.45. The summed E-state index contributed by atoms with van der Waals surface area (Å²) in [5.41, 5.74) is -0.605. The first-order valence-corrected chi connectivity index (χ1v) is 8.09. The van der Waals surface area contributed by atoms with Gasteiger partial charge in [-0.3, -0.25) is 9.74 Å². The molecule has 0 aliphatic carbocycles. The van der Waals surface area contributed by atoms with E-state index in [1.165, 1.54) is 0 Å². The molecule has 0 spiro atoms. The number of carbonyl (C=O) groups excluding carboxylic acids is 1. The lowest BCUT2D eigenvalue weighted by Crippen LogP contribution is -2.46. The Hall–Kier alpha value is -0.850. The second kappa shape index (κ2) is 5.98. The van der Waals surface area contributed by atoms with Crippen LogP contribution in [-0.2, 0) is 9.57 Å². The molecule has 2 saturated heterocycles. The van der Waals surface area contributed by atoms with E-state index in [-0.39, 0.29) is 23.8 Å².